The van der Waals surface area contributed by atoms with Crippen LogP contribution < -0.4 is 5.73 Å². The third-order valence-electron chi connectivity index (χ3n) is 5.02. The van der Waals surface area contributed by atoms with Crippen LogP contribution in [0, 0.1) is 5.92 Å². The van der Waals surface area contributed by atoms with E-state index in [1.165, 1.54) is 64.3 Å². The quantitative estimate of drug-likeness (QED) is 0.797. The van der Waals surface area contributed by atoms with Crippen molar-refractivity contribution < 1.29 is 0 Å². The van der Waals surface area contributed by atoms with Crippen molar-refractivity contribution in [2.24, 2.45) is 11.7 Å². The molecule has 0 radical (unpaired) electrons. The van der Waals surface area contributed by atoms with Crippen LogP contribution in [-0.2, 0) is 0 Å². The third kappa shape index (κ3) is 3.23. The molecule has 0 spiro atoms. The van der Waals surface area contributed by atoms with Gasteiger partial charge in [-0.25, -0.2) is 0 Å². The Morgan fingerprint density at radius 2 is 1.59 bits per heavy atom. The average molecular weight is 238 g/mol. The summed E-state index contributed by atoms with van der Waals surface area (Å²) in [4.78, 5) is 2.75. The summed E-state index contributed by atoms with van der Waals surface area (Å²) in [6.45, 7) is 4.39. The van der Waals surface area contributed by atoms with Gasteiger partial charge in [0.1, 0.15) is 0 Å². The van der Waals surface area contributed by atoms with E-state index in [9.17, 15) is 0 Å². The largest absolute Gasteiger partial charge is 0.329 e. The van der Waals surface area contributed by atoms with Crippen LogP contribution in [0.3, 0.4) is 0 Å². The number of likely N-dealkylation sites (N-methyl/N-ethyl adjacent to an activating group) is 1. The van der Waals surface area contributed by atoms with Crippen LogP contribution in [-0.4, -0.2) is 30.1 Å². The van der Waals surface area contributed by atoms with E-state index >= 15 is 0 Å². The first-order valence-corrected chi connectivity index (χ1v) is 7.82. The van der Waals surface area contributed by atoms with Gasteiger partial charge < -0.3 is 5.73 Å². The maximum absolute atomic E-state index is 6.11. The summed E-state index contributed by atoms with van der Waals surface area (Å²) < 4.78 is 0. The molecule has 2 fully saturated rings. The summed E-state index contributed by atoms with van der Waals surface area (Å²) in [5.41, 5.74) is 6.11. The lowest BCUT2D eigenvalue weighted by Crippen LogP contribution is -2.50. The Bertz CT molecular complexity index is 205. The fourth-order valence-electron chi connectivity index (χ4n) is 4.12. The zero-order valence-electron chi connectivity index (χ0n) is 11.5. The molecule has 2 saturated carbocycles. The molecule has 1 unspecified atom stereocenters. The van der Waals surface area contributed by atoms with Gasteiger partial charge in [-0.05, 0) is 38.1 Å². The molecule has 2 heteroatoms. The Hall–Kier alpha value is -0.0800. The fraction of sp³-hybridized carbons (Fsp3) is 1.00. The molecule has 2 aliphatic rings. The van der Waals surface area contributed by atoms with Gasteiger partial charge in [0, 0.05) is 18.6 Å². The Balaban J connectivity index is 1.97. The minimum Gasteiger partial charge on any atom is -0.329 e. The maximum Gasteiger partial charge on any atom is 0.0249 e. The highest BCUT2D eigenvalue weighted by molar-refractivity contribution is 4.87. The lowest BCUT2D eigenvalue weighted by molar-refractivity contribution is 0.0861. The predicted octanol–water partition coefficient (Wildman–Crippen LogP) is 3.16. The Morgan fingerprint density at radius 3 is 2.12 bits per heavy atom. The van der Waals surface area contributed by atoms with E-state index in [4.69, 9.17) is 5.73 Å². The van der Waals surface area contributed by atoms with Crippen molar-refractivity contribution in [1.82, 2.24) is 4.90 Å². The molecule has 2 rings (SSSR count). The van der Waals surface area contributed by atoms with Crippen LogP contribution in [0.2, 0.25) is 0 Å². The maximum atomic E-state index is 6.11. The zero-order chi connectivity index (χ0) is 12.1. The molecule has 0 heterocycles. The molecular weight excluding hydrogens is 208 g/mol. The van der Waals surface area contributed by atoms with E-state index in [2.05, 4.69) is 11.8 Å². The monoisotopic (exact) mass is 238 g/mol. The van der Waals surface area contributed by atoms with Gasteiger partial charge in [0.05, 0.1) is 0 Å². The Morgan fingerprint density at radius 1 is 1.00 bits per heavy atom. The van der Waals surface area contributed by atoms with Gasteiger partial charge in [0.2, 0.25) is 0 Å². The summed E-state index contributed by atoms with van der Waals surface area (Å²) in [7, 11) is 0. The second-order valence-electron chi connectivity index (χ2n) is 5.97. The molecule has 2 N–H and O–H groups in total. The molecule has 0 amide bonds. The summed E-state index contributed by atoms with van der Waals surface area (Å²) >= 11 is 0. The van der Waals surface area contributed by atoms with Gasteiger partial charge in [0.25, 0.3) is 0 Å². The normalized spacial score (nSPS) is 25.6. The molecule has 0 bridgehead atoms. The minimum absolute atomic E-state index is 0.670. The SMILES string of the molecule is CCN(C1CCCC1)C(CN)C1CCCCC1. The number of nitrogens with two attached hydrogens (primary N) is 1. The van der Waals surface area contributed by atoms with Crippen molar-refractivity contribution in [3.63, 3.8) is 0 Å². The van der Waals surface area contributed by atoms with Crippen molar-refractivity contribution in [1.29, 1.82) is 0 Å². The van der Waals surface area contributed by atoms with Crippen LogP contribution in [0.15, 0.2) is 0 Å². The van der Waals surface area contributed by atoms with Crippen LogP contribution in [0.25, 0.3) is 0 Å². The molecule has 2 aliphatic carbocycles. The van der Waals surface area contributed by atoms with Crippen molar-refractivity contribution in [2.75, 3.05) is 13.1 Å². The number of nitrogens with zero attached hydrogens (tertiary/aromatic N) is 1. The first-order valence-electron chi connectivity index (χ1n) is 7.82. The second kappa shape index (κ2) is 6.75. The van der Waals surface area contributed by atoms with E-state index in [-0.39, 0.29) is 0 Å². The molecule has 0 saturated heterocycles. The van der Waals surface area contributed by atoms with Crippen LogP contribution in [0.5, 0.6) is 0 Å². The van der Waals surface area contributed by atoms with E-state index in [0.717, 1.165) is 18.5 Å². The first-order chi connectivity index (χ1) is 8.36. The van der Waals surface area contributed by atoms with Crippen LogP contribution >= 0.6 is 0 Å². The van der Waals surface area contributed by atoms with Gasteiger partial charge in [-0.1, -0.05) is 39.0 Å². The lowest BCUT2D eigenvalue weighted by atomic mass is 9.82. The number of rotatable bonds is 5. The van der Waals surface area contributed by atoms with Gasteiger partial charge in [0.15, 0.2) is 0 Å². The summed E-state index contributed by atoms with van der Waals surface area (Å²) in [6, 6.07) is 1.51. The third-order valence-corrected chi connectivity index (χ3v) is 5.02. The highest BCUT2D eigenvalue weighted by atomic mass is 15.2. The predicted molar refractivity (Wildman–Crippen MR) is 74.1 cm³/mol. The first kappa shape index (κ1) is 13.4. The van der Waals surface area contributed by atoms with E-state index < -0.39 is 0 Å². The van der Waals surface area contributed by atoms with Gasteiger partial charge in [-0.15, -0.1) is 0 Å². The van der Waals surface area contributed by atoms with Gasteiger partial charge in [-0.2, -0.15) is 0 Å². The van der Waals surface area contributed by atoms with E-state index in [1.807, 2.05) is 0 Å². The summed E-state index contributed by atoms with van der Waals surface area (Å²) in [5, 5.41) is 0. The average Bonchev–Trinajstić information content (AvgIpc) is 2.90. The van der Waals surface area contributed by atoms with Crippen LogP contribution in [0.1, 0.15) is 64.7 Å². The summed E-state index contributed by atoms with van der Waals surface area (Å²) in [5.74, 6) is 0.884. The highest BCUT2D eigenvalue weighted by Crippen LogP contribution is 2.32. The smallest absolute Gasteiger partial charge is 0.0249 e. The molecule has 2 nitrogen and oxygen atoms in total. The molecule has 0 aromatic rings. The highest BCUT2D eigenvalue weighted by Gasteiger charge is 2.32. The Labute approximate surface area is 107 Å². The van der Waals surface area contributed by atoms with Crippen molar-refractivity contribution >= 4 is 0 Å². The molecule has 0 aromatic heterocycles. The van der Waals surface area contributed by atoms with Gasteiger partial charge >= 0.3 is 0 Å². The topological polar surface area (TPSA) is 29.3 Å². The lowest BCUT2D eigenvalue weighted by Gasteiger charge is -2.41. The van der Waals surface area contributed by atoms with Crippen LogP contribution in [0.4, 0.5) is 0 Å². The molecule has 1 atom stereocenters. The van der Waals surface area contributed by atoms with Crippen molar-refractivity contribution in [3.05, 3.63) is 0 Å². The molecular formula is C15H30N2. The second-order valence-corrected chi connectivity index (χ2v) is 5.97. The fourth-order valence-corrected chi connectivity index (χ4v) is 4.12. The van der Waals surface area contributed by atoms with Crippen molar-refractivity contribution in [2.45, 2.75) is 76.8 Å². The molecule has 0 aliphatic heterocycles. The van der Waals surface area contributed by atoms with Crippen molar-refractivity contribution in [3.8, 4) is 0 Å². The number of hydrogen-bond acceptors (Lipinski definition) is 2. The van der Waals surface area contributed by atoms with Gasteiger partial charge in [-0.3, -0.25) is 4.90 Å². The summed E-state index contributed by atoms with van der Waals surface area (Å²) in [6.07, 6.45) is 12.9. The minimum atomic E-state index is 0.670. The van der Waals surface area contributed by atoms with E-state index in [0.29, 0.717) is 6.04 Å². The standard InChI is InChI=1S/C15H30N2/c1-2-17(14-10-6-7-11-14)15(12-16)13-8-4-3-5-9-13/h13-15H,2-12,16H2,1H3. The molecule has 17 heavy (non-hydrogen) atoms. The number of hydrogen-bond donors (Lipinski definition) is 1. The van der Waals surface area contributed by atoms with E-state index in [1.54, 1.807) is 0 Å². The molecule has 100 valence electrons. The molecule has 0 aromatic carbocycles. The Kier molecular flexibility index (Phi) is 5.30. The zero-order valence-corrected chi connectivity index (χ0v) is 11.5.